The Morgan fingerprint density at radius 2 is 2.14 bits per heavy atom. The van der Waals surface area contributed by atoms with Crippen molar-refractivity contribution in [2.75, 3.05) is 16.6 Å². The zero-order valence-electron chi connectivity index (χ0n) is 15.1. The zero-order valence-corrected chi connectivity index (χ0v) is 18.2. The maximum absolute atomic E-state index is 15.2. The lowest BCUT2D eigenvalue weighted by Gasteiger charge is -2.20. The third-order valence-electron chi connectivity index (χ3n) is 4.76. The molecule has 1 aliphatic carbocycles. The Kier molecular flexibility index (Phi) is 5.94. The van der Waals surface area contributed by atoms with Gasteiger partial charge in [-0.3, -0.25) is 0 Å². The number of rotatable bonds is 8. The van der Waals surface area contributed by atoms with E-state index in [0.29, 0.717) is 28.4 Å². The number of aliphatic hydroxyl groups is 2. The molecule has 0 bridgehead atoms. The number of anilines is 3. The molecule has 4 rings (SSSR count). The van der Waals surface area contributed by atoms with Crippen LogP contribution in [-0.4, -0.2) is 32.7 Å². The van der Waals surface area contributed by atoms with E-state index >= 15 is 4.39 Å². The Morgan fingerprint density at radius 1 is 1.34 bits per heavy atom. The van der Waals surface area contributed by atoms with E-state index in [1.54, 1.807) is 24.3 Å². The first-order valence-electron chi connectivity index (χ1n) is 8.91. The second kappa shape index (κ2) is 8.31. The maximum Gasteiger partial charge on any atom is 0.182 e. The molecule has 1 fully saturated rings. The predicted molar refractivity (Wildman–Crippen MR) is 117 cm³/mol. The van der Waals surface area contributed by atoms with E-state index in [9.17, 15) is 5.11 Å². The first kappa shape index (κ1) is 20.7. The summed E-state index contributed by atoms with van der Waals surface area (Å²) in [4.78, 5) is 3.95. The molecule has 0 spiro atoms. The van der Waals surface area contributed by atoms with Crippen molar-refractivity contribution in [3.8, 4) is 0 Å². The number of nitrogens with one attached hydrogen (secondary N) is 2. The molecule has 0 radical (unpaired) electrons. The van der Waals surface area contributed by atoms with Crippen molar-refractivity contribution in [2.24, 2.45) is 0 Å². The summed E-state index contributed by atoms with van der Waals surface area (Å²) in [6, 6.07) is 6.94. The predicted octanol–water partition coefficient (Wildman–Crippen LogP) is 5.46. The van der Waals surface area contributed by atoms with Crippen LogP contribution in [0.25, 0.3) is 11.1 Å². The van der Waals surface area contributed by atoms with Gasteiger partial charge in [-0.25, -0.2) is 9.37 Å². The molecule has 0 amide bonds. The molecule has 1 aromatic heterocycles. The van der Waals surface area contributed by atoms with Crippen molar-refractivity contribution in [3.05, 3.63) is 46.0 Å². The number of aliphatic hydroxyl groups excluding tert-OH is 2. The minimum atomic E-state index is -0.778. The van der Waals surface area contributed by atoms with Gasteiger partial charge in [0.25, 0.3) is 0 Å². The van der Waals surface area contributed by atoms with E-state index < -0.39 is 11.9 Å². The van der Waals surface area contributed by atoms with Crippen molar-refractivity contribution >= 4 is 67.6 Å². The number of fused-ring (bicyclic) bond motifs is 1. The number of aromatic nitrogens is 1. The molecule has 6 nitrogen and oxygen atoms in total. The third-order valence-corrected chi connectivity index (χ3v) is 6.90. The Hall–Kier alpha value is -1.52. The van der Waals surface area contributed by atoms with Gasteiger partial charge < -0.3 is 24.7 Å². The van der Waals surface area contributed by atoms with Crippen LogP contribution < -0.4 is 10.0 Å². The highest BCUT2D eigenvalue weighted by Gasteiger charge is 2.45. The second-order valence-electron chi connectivity index (χ2n) is 6.99. The number of halogens is 3. The first-order chi connectivity index (χ1) is 13.9. The summed E-state index contributed by atoms with van der Waals surface area (Å²) >= 11 is 11.0. The van der Waals surface area contributed by atoms with Crippen LogP contribution in [0.5, 0.6) is 0 Å². The number of hydrogen-bond acceptors (Lipinski definition) is 7. The van der Waals surface area contributed by atoms with Crippen LogP contribution in [0.2, 0.25) is 5.02 Å². The average Bonchev–Trinajstić information content (AvgIpc) is 3.28. The molecular weight excluding hydrogens is 485 g/mol. The molecule has 1 heterocycles. The topological polar surface area (TPSA) is 90.5 Å². The highest BCUT2D eigenvalue weighted by atomic mass is 79.9. The molecule has 10 heteroatoms. The summed E-state index contributed by atoms with van der Waals surface area (Å²) in [5, 5.41) is 22.4. The van der Waals surface area contributed by atoms with Gasteiger partial charge in [0.15, 0.2) is 17.8 Å². The van der Waals surface area contributed by atoms with E-state index in [1.807, 2.05) is 0 Å². The van der Waals surface area contributed by atoms with E-state index in [-0.39, 0.29) is 22.6 Å². The fourth-order valence-corrected chi connectivity index (χ4v) is 4.83. The molecule has 1 aliphatic rings. The van der Waals surface area contributed by atoms with Crippen LogP contribution in [0.1, 0.15) is 19.3 Å². The van der Waals surface area contributed by atoms with Gasteiger partial charge in [0.05, 0.1) is 29.1 Å². The number of nitrogens with zero attached hydrogens (tertiary/aromatic N) is 1. The molecule has 0 aliphatic heterocycles. The summed E-state index contributed by atoms with van der Waals surface area (Å²) < 4.78 is 24.3. The van der Waals surface area contributed by atoms with Gasteiger partial charge in [0, 0.05) is 15.3 Å². The highest BCUT2D eigenvalue weighted by Crippen LogP contribution is 2.52. The second-order valence-corrected chi connectivity index (χ2v) is 9.59. The Morgan fingerprint density at radius 3 is 2.83 bits per heavy atom. The van der Waals surface area contributed by atoms with Crippen LogP contribution in [0, 0.1) is 5.82 Å². The molecular formula is C19H18BrClFN3O3S. The lowest BCUT2D eigenvalue weighted by atomic mass is 10.2. The van der Waals surface area contributed by atoms with Gasteiger partial charge in [0.2, 0.25) is 0 Å². The maximum atomic E-state index is 15.2. The number of hydrogen-bond donors (Lipinski definition) is 4. The summed E-state index contributed by atoms with van der Waals surface area (Å²) in [6.07, 6.45) is 2.67. The molecule has 1 unspecified atom stereocenters. The van der Waals surface area contributed by atoms with Crippen molar-refractivity contribution in [3.63, 3.8) is 0 Å². The minimum Gasteiger partial charge on any atom is -0.443 e. The molecule has 0 saturated heterocycles. The smallest absolute Gasteiger partial charge is 0.182 e. The Bertz CT molecular complexity index is 1050. The molecule has 154 valence electrons. The van der Waals surface area contributed by atoms with E-state index in [2.05, 4.69) is 31.0 Å². The first-order valence-corrected chi connectivity index (χ1v) is 10.9. The number of benzene rings is 2. The van der Waals surface area contributed by atoms with Gasteiger partial charge >= 0.3 is 0 Å². The van der Waals surface area contributed by atoms with Gasteiger partial charge in [-0.2, -0.15) is 0 Å². The fraction of sp³-hybridized carbons (Fsp3) is 0.316. The van der Waals surface area contributed by atoms with Crippen LogP contribution in [0.15, 0.2) is 39.5 Å². The van der Waals surface area contributed by atoms with Crippen molar-refractivity contribution in [1.29, 1.82) is 0 Å². The van der Waals surface area contributed by atoms with Crippen LogP contribution in [0.3, 0.4) is 0 Å². The normalized spacial score (nSPS) is 16.0. The summed E-state index contributed by atoms with van der Waals surface area (Å²) in [7, 11) is 0. The lowest BCUT2D eigenvalue weighted by molar-refractivity contribution is 0.0865. The van der Waals surface area contributed by atoms with Crippen LogP contribution >= 0.6 is 39.5 Å². The monoisotopic (exact) mass is 501 g/mol. The third kappa shape index (κ3) is 4.49. The molecule has 2 aromatic carbocycles. The van der Waals surface area contributed by atoms with Crippen LogP contribution in [0.4, 0.5) is 21.5 Å². The van der Waals surface area contributed by atoms with Gasteiger partial charge in [-0.05, 0) is 49.4 Å². The van der Waals surface area contributed by atoms with Crippen molar-refractivity contribution < 1.29 is 19.0 Å². The van der Waals surface area contributed by atoms with E-state index in [4.69, 9.17) is 21.1 Å². The van der Waals surface area contributed by atoms with Gasteiger partial charge in [-0.1, -0.05) is 27.5 Å². The minimum absolute atomic E-state index is 0.119. The molecule has 29 heavy (non-hydrogen) atoms. The van der Waals surface area contributed by atoms with Crippen molar-refractivity contribution in [1.82, 2.24) is 4.98 Å². The molecule has 3 aromatic rings. The van der Waals surface area contributed by atoms with E-state index in [0.717, 1.165) is 17.3 Å². The SMILES string of the molecule is OCC(O)CC1(SNc2cc3ocnc3c(F)c2Nc2ccc(Br)cc2Cl)CC1. The molecule has 1 atom stereocenters. The standard InChI is InChI=1S/C19H18BrClFN3O3S/c20-10-1-2-13(12(21)5-10)24-17-14(6-15-18(16(17)22)23-9-28-15)25-29-19(3-4-19)7-11(27)8-26/h1-2,5-6,9,11,24-27H,3-4,7-8H2. The summed E-state index contributed by atoms with van der Waals surface area (Å²) in [5.41, 5.74) is 1.65. The summed E-state index contributed by atoms with van der Waals surface area (Å²) in [5.74, 6) is -0.557. The average molecular weight is 503 g/mol. The number of oxazole rings is 1. The largest absolute Gasteiger partial charge is 0.443 e. The molecule has 4 N–H and O–H groups in total. The van der Waals surface area contributed by atoms with Crippen molar-refractivity contribution in [2.45, 2.75) is 30.1 Å². The molecule has 1 saturated carbocycles. The zero-order chi connectivity index (χ0) is 20.6. The van der Waals surface area contributed by atoms with Crippen LogP contribution in [-0.2, 0) is 0 Å². The highest BCUT2D eigenvalue weighted by molar-refractivity contribution is 9.10. The Labute approximate surface area is 184 Å². The quantitative estimate of drug-likeness (QED) is 0.304. The summed E-state index contributed by atoms with van der Waals surface area (Å²) in [6.45, 7) is -0.282. The Balaban J connectivity index is 1.64. The van der Waals surface area contributed by atoms with E-state index in [1.165, 1.54) is 18.3 Å². The van der Waals surface area contributed by atoms with Gasteiger partial charge in [-0.15, -0.1) is 0 Å². The van der Waals surface area contributed by atoms with Gasteiger partial charge in [0.1, 0.15) is 11.2 Å². The lowest BCUT2D eigenvalue weighted by Crippen LogP contribution is -2.21. The fourth-order valence-electron chi connectivity index (χ4n) is 3.04.